The SMILES string of the molecule is O=C(NCC1(O)CCC1)C1CSCCN1. The molecule has 1 heterocycles. The van der Waals surface area contributed by atoms with E-state index >= 15 is 0 Å². The number of carbonyl (C=O) groups is 1. The van der Waals surface area contributed by atoms with Gasteiger partial charge in [0, 0.05) is 24.6 Å². The molecule has 0 spiro atoms. The second kappa shape index (κ2) is 4.72. The molecule has 3 N–H and O–H groups in total. The van der Waals surface area contributed by atoms with Crippen LogP contribution in [0.1, 0.15) is 19.3 Å². The lowest BCUT2D eigenvalue weighted by atomic mass is 9.80. The lowest BCUT2D eigenvalue weighted by molar-refractivity contribution is -0.125. The van der Waals surface area contributed by atoms with Crippen molar-refractivity contribution in [3.8, 4) is 0 Å². The molecule has 0 aromatic heterocycles. The molecule has 0 bridgehead atoms. The van der Waals surface area contributed by atoms with Gasteiger partial charge in [0.15, 0.2) is 0 Å². The zero-order valence-corrected chi connectivity index (χ0v) is 9.61. The first kappa shape index (κ1) is 11.2. The van der Waals surface area contributed by atoms with Crippen LogP contribution in [0, 0.1) is 0 Å². The number of thioether (sulfide) groups is 1. The Morgan fingerprint density at radius 2 is 2.40 bits per heavy atom. The van der Waals surface area contributed by atoms with E-state index in [1.165, 1.54) is 0 Å². The second-order valence-corrected chi connectivity index (χ2v) is 5.53. The fourth-order valence-corrected chi connectivity index (χ4v) is 2.80. The number of nitrogens with one attached hydrogen (secondary N) is 2. The van der Waals surface area contributed by atoms with E-state index < -0.39 is 5.60 Å². The lowest BCUT2D eigenvalue weighted by Gasteiger charge is -2.37. The third-order valence-electron chi connectivity index (χ3n) is 3.11. The first-order chi connectivity index (χ1) is 7.20. The van der Waals surface area contributed by atoms with E-state index in [1.807, 2.05) is 0 Å². The molecular weight excluding hydrogens is 212 g/mol. The summed E-state index contributed by atoms with van der Waals surface area (Å²) in [5, 5.41) is 15.8. The number of hydrogen-bond acceptors (Lipinski definition) is 4. The van der Waals surface area contributed by atoms with Crippen molar-refractivity contribution in [1.82, 2.24) is 10.6 Å². The first-order valence-electron chi connectivity index (χ1n) is 5.51. The largest absolute Gasteiger partial charge is 0.388 e. The Hall–Kier alpha value is -0.260. The summed E-state index contributed by atoms with van der Waals surface area (Å²) in [6.07, 6.45) is 2.71. The van der Waals surface area contributed by atoms with E-state index in [2.05, 4.69) is 10.6 Å². The van der Waals surface area contributed by atoms with Crippen LogP contribution >= 0.6 is 11.8 Å². The predicted octanol–water partition coefficient (Wildman–Crippen LogP) is -0.277. The summed E-state index contributed by atoms with van der Waals surface area (Å²) in [5.41, 5.74) is -0.614. The molecule has 2 fully saturated rings. The molecule has 1 saturated heterocycles. The molecule has 86 valence electrons. The number of hydrogen-bond donors (Lipinski definition) is 3. The van der Waals surface area contributed by atoms with Gasteiger partial charge in [-0.25, -0.2) is 0 Å². The van der Waals surface area contributed by atoms with Crippen molar-refractivity contribution in [3.05, 3.63) is 0 Å². The first-order valence-corrected chi connectivity index (χ1v) is 6.66. The van der Waals surface area contributed by atoms with Gasteiger partial charge < -0.3 is 15.7 Å². The van der Waals surface area contributed by atoms with Crippen molar-refractivity contribution in [2.45, 2.75) is 30.9 Å². The van der Waals surface area contributed by atoms with E-state index in [-0.39, 0.29) is 11.9 Å². The van der Waals surface area contributed by atoms with E-state index in [4.69, 9.17) is 0 Å². The van der Waals surface area contributed by atoms with Crippen LogP contribution in [0.3, 0.4) is 0 Å². The van der Waals surface area contributed by atoms with Gasteiger partial charge in [-0.2, -0.15) is 11.8 Å². The van der Waals surface area contributed by atoms with Crippen molar-refractivity contribution >= 4 is 17.7 Å². The van der Waals surface area contributed by atoms with Gasteiger partial charge in [-0.05, 0) is 19.3 Å². The highest BCUT2D eigenvalue weighted by Gasteiger charge is 2.35. The van der Waals surface area contributed by atoms with Gasteiger partial charge in [-0.1, -0.05) is 0 Å². The zero-order chi connectivity index (χ0) is 10.7. The Labute approximate surface area is 94.2 Å². The molecule has 15 heavy (non-hydrogen) atoms. The number of rotatable bonds is 3. The van der Waals surface area contributed by atoms with Crippen molar-refractivity contribution in [2.24, 2.45) is 0 Å². The molecule has 5 heteroatoms. The topological polar surface area (TPSA) is 61.4 Å². The third kappa shape index (κ3) is 2.86. The molecule has 0 radical (unpaired) electrons. The molecule has 1 amide bonds. The second-order valence-electron chi connectivity index (χ2n) is 4.38. The fourth-order valence-electron chi connectivity index (χ4n) is 1.87. The summed E-state index contributed by atoms with van der Waals surface area (Å²) in [5.74, 6) is 1.94. The molecule has 2 rings (SSSR count). The predicted molar refractivity (Wildman–Crippen MR) is 60.9 cm³/mol. The molecule has 1 aliphatic carbocycles. The zero-order valence-electron chi connectivity index (χ0n) is 8.79. The molecule has 1 unspecified atom stereocenters. The average Bonchev–Trinajstić information content (AvgIpc) is 2.24. The van der Waals surface area contributed by atoms with Gasteiger partial charge in [0.1, 0.15) is 0 Å². The normalized spacial score (nSPS) is 29.3. The van der Waals surface area contributed by atoms with Crippen molar-refractivity contribution in [1.29, 1.82) is 0 Å². The Kier molecular flexibility index (Phi) is 3.53. The lowest BCUT2D eigenvalue weighted by Crippen LogP contribution is -2.54. The van der Waals surface area contributed by atoms with Gasteiger partial charge in [0.05, 0.1) is 11.6 Å². The van der Waals surface area contributed by atoms with Crippen LogP contribution in [-0.2, 0) is 4.79 Å². The maximum Gasteiger partial charge on any atom is 0.238 e. The Bertz CT molecular complexity index is 238. The van der Waals surface area contributed by atoms with Crippen LogP contribution < -0.4 is 10.6 Å². The smallest absolute Gasteiger partial charge is 0.238 e. The summed E-state index contributed by atoms with van der Waals surface area (Å²) >= 11 is 1.80. The van der Waals surface area contributed by atoms with Crippen molar-refractivity contribution < 1.29 is 9.90 Å². The van der Waals surface area contributed by atoms with Crippen LogP contribution in [0.25, 0.3) is 0 Å². The fraction of sp³-hybridized carbons (Fsp3) is 0.900. The molecule has 1 atom stereocenters. The van der Waals surface area contributed by atoms with Gasteiger partial charge in [-0.3, -0.25) is 4.79 Å². The molecular formula is C10H18N2O2S. The van der Waals surface area contributed by atoms with Gasteiger partial charge in [0.2, 0.25) is 5.91 Å². The Morgan fingerprint density at radius 1 is 1.60 bits per heavy atom. The Morgan fingerprint density at radius 3 is 2.93 bits per heavy atom. The summed E-state index contributed by atoms with van der Waals surface area (Å²) in [6, 6.07) is -0.0765. The number of amides is 1. The van der Waals surface area contributed by atoms with Crippen LogP contribution in [0.15, 0.2) is 0 Å². The highest BCUT2D eigenvalue weighted by molar-refractivity contribution is 7.99. The van der Waals surface area contributed by atoms with Crippen LogP contribution in [0.2, 0.25) is 0 Å². The maximum absolute atomic E-state index is 11.7. The molecule has 2 aliphatic rings. The van der Waals surface area contributed by atoms with E-state index in [0.717, 1.165) is 37.3 Å². The Balaban J connectivity index is 1.71. The van der Waals surface area contributed by atoms with Crippen molar-refractivity contribution in [2.75, 3.05) is 24.6 Å². The third-order valence-corrected chi connectivity index (χ3v) is 4.18. The minimum absolute atomic E-state index is 0.0301. The van der Waals surface area contributed by atoms with E-state index in [0.29, 0.717) is 6.54 Å². The highest BCUT2D eigenvalue weighted by atomic mass is 32.2. The summed E-state index contributed by atoms with van der Waals surface area (Å²) in [4.78, 5) is 11.7. The van der Waals surface area contributed by atoms with Crippen LogP contribution in [-0.4, -0.2) is 47.3 Å². The van der Waals surface area contributed by atoms with Gasteiger partial charge >= 0.3 is 0 Å². The molecule has 1 saturated carbocycles. The minimum atomic E-state index is -0.614. The van der Waals surface area contributed by atoms with E-state index in [9.17, 15) is 9.90 Å². The number of aliphatic hydroxyl groups is 1. The molecule has 0 aromatic rings. The monoisotopic (exact) mass is 230 g/mol. The summed E-state index contributed by atoms with van der Waals surface area (Å²) in [6.45, 7) is 1.31. The standard InChI is InChI=1S/C10H18N2O2S/c13-9(8-6-15-5-4-11-8)12-7-10(14)2-1-3-10/h8,11,14H,1-7H2,(H,12,13). The highest BCUT2D eigenvalue weighted by Crippen LogP contribution is 2.30. The maximum atomic E-state index is 11.7. The molecule has 1 aliphatic heterocycles. The van der Waals surface area contributed by atoms with E-state index in [1.54, 1.807) is 11.8 Å². The summed E-state index contributed by atoms with van der Waals surface area (Å²) < 4.78 is 0. The molecule has 4 nitrogen and oxygen atoms in total. The van der Waals surface area contributed by atoms with Gasteiger partial charge in [-0.15, -0.1) is 0 Å². The molecule has 0 aromatic carbocycles. The minimum Gasteiger partial charge on any atom is -0.388 e. The average molecular weight is 230 g/mol. The van der Waals surface area contributed by atoms with Crippen molar-refractivity contribution in [3.63, 3.8) is 0 Å². The quantitative estimate of drug-likeness (QED) is 0.624. The number of carbonyl (C=O) groups excluding carboxylic acids is 1. The van der Waals surface area contributed by atoms with Crippen LogP contribution in [0.5, 0.6) is 0 Å². The summed E-state index contributed by atoms with van der Waals surface area (Å²) in [7, 11) is 0. The van der Waals surface area contributed by atoms with Crippen LogP contribution in [0.4, 0.5) is 0 Å². The van der Waals surface area contributed by atoms with Gasteiger partial charge in [0.25, 0.3) is 0 Å².